The van der Waals surface area contributed by atoms with Gasteiger partial charge in [0.2, 0.25) is 10.0 Å². The molecule has 0 unspecified atom stereocenters. The topological polar surface area (TPSA) is 90.0 Å². The van der Waals surface area contributed by atoms with E-state index in [9.17, 15) is 12.8 Å². The molecule has 2 rings (SSSR count). The number of anilines is 2. The second-order valence-electron chi connectivity index (χ2n) is 3.71. The zero-order chi connectivity index (χ0) is 13.3. The molecule has 0 aliphatic rings. The van der Waals surface area contributed by atoms with Gasteiger partial charge >= 0.3 is 0 Å². The van der Waals surface area contributed by atoms with Crippen LogP contribution in [0.3, 0.4) is 0 Å². The molecule has 0 atom stereocenters. The highest BCUT2D eigenvalue weighted by atomic mass is 32.2. The Morgan fingerprint density at radius 3 is 2.67 bits per heavy atom. The highest BCUT2D eigenvalue weighted by Crippen LogP contribution is 2.21. The van der Waals surface area contributed by atoms with E-state index in [-0.39, 0.29) is 10.6 Å². The zero-order valence-corrected chi connectivity index (χ0v) is 10.3. The monoisotopic (exact) mass is 270 g/mol. The maximum absolute atomic E-state index is 13.7. The molecule has 0 amide bonds. The predicted molar refractivity (Wildman–Crippen MR) is 64.3 cm³/mol. The van der Waals surface area contributed by atoms with Crippen LogP contribution in [0.4, 0.5) is 15.8 Å². The number of aryl methyl sites for hydroxylation is 1. The summed E-state index contributed by atoms with van der Waals surface area (Å²) >= 11 is 0. The lowest BCUT2D eigenvalue weighted by Gasteiger charge is -2.06. The first-order valence-corrected chi connectivity index (χ1v) is 6.49. The van der Waals surface area contributed by atoms with Crippen LogP contribution in [-0.2, 0) is 17.1 Å². The van der Waals surface area contributed by atoms with Crippen LogP contribution in [0.5, 0.6) is 0 Å². The smallest absolute Gasteiger partial charge is 0.238 e. The van der Waals surface area contributed by atoms with Crippen molar-refractivity contribution in [2.24, 2.45) is 12.2 Å². The van der Waals surface area contributed by atoms with Gasteiger partial charge in [0, 0.05) is 13.2 Å². The normalized spacial score (nSPS) is 11.5. The summed E-state index contributed by atoms with van der Waals surface area (Å²) in [4.78, 5) is -0.267. The number of nitrogens with one attached hydrogen (secondary N) is 1. The van der Waals surface area contributed by atoms with E-state index < -0.39 is 15.8 Å². The molecule has 0 radical (unpaired) electrons. The molecule has 18 heavy (non-hydrogen) atoms. The SMILES string of the molecule is Cn1cc(Nc2ccc(S(N)(=O)=O)cc2F)cn1. The molecule has 8 heteroatoms. The van der Waals surface area contributed by atoms with Crippen LogP contribution >= 0.6 is 0 Å². The van der Waals surface area contributed by atoms with Crippen LogP contribution in [0, 0.1) is 5.82 Å². The van der Waals surface area contributed by atoms with Crippen LogP contribution in [-0.4, -0.2) is 18.2 Å². The Hall–Kier alpha value is -1.93. The highest BCUT2D eigenvalue weighted by molar-refractivity contribution is 7.89. The van der Waals surface area contributed by atoms with Gasteiger partial charge in [0.15, 0.2) is 0 Å². The first kappa shape index (κ1) is 12.5. The summed E-state index contributed by atoms with van der Waals surface area (Å²) in [6, 6.07) is 3.41. The number of sulfonamides is 1. The molecule has 6 nitrogen and oxygen atoms in total. The molecule has 0 saturated carbocycles. The van der Waals surface area contributed by atoms with E-state index in [4.69, 9.17) is 5.14 Å². The van der Waals surface area contributed by atoms with Crippen molar-refractivity contribution >= 4 is 21.4 Å². The minimum atomic E-state index is -3.90. The number of hydrogen-bond acceptors (Lipinski definition) is 4. The number of nitrogens with two attached hydrogens (primary N) is 1. The summed E-state index contributed by atoms with van der Waals surface area (Å²) in [6.07, 6.45) is 3.18. The van der Waals surface area contributed by atoms with E-state index in [0.29, 0.717) is 5.69 Å². The molecule has 1 aromatic carbocycles. The van der Waals surface area contributed by atoms with Crippen LogP contribution in [0.15, 0.2) is 35.5 Å². The number of aromatic nitrogens is 2. The molecule has 0 saturated heterocycles. The minimum absolute atomic E-state index is 0.149. The molecule has 0 aliphatic carbocycles. The Morgan fingerprint density at radius 2 is 2.17 bits per heavy atom. The molecule has 2 aromatic rings. The summed E-state index contributed by atoms with van der Waals surface area (Å²) < 4.78 is 37.3. The molecule has 96 valence electrons. The van der Waals surface area contributed by atoms with Crippen LogP contribution in [0.1, 0.15) is 0 Å². The lowest BCUT2D eigenvalue weighted by molar-refractivity contribution is 0.593. The molecule has 0 bridgehead atoms. The second kappa shape index (κ2) is 4.39. The number of halogens is 1. The van der Waals surface area contributed by atoms with Crippen LogP contribution in [0.2, 0.25) is 0 Å². The average molecular weight is 270 g/mol. The van der Waals surface area contributed by atoms with E-state index in [1.165, 1.54) is 18.3 Å². The Kier molecular flexibility index (Phi) is 3.05. The first-order valence-electron chi connectivity index (χ1n) is 4.94. The van der Waals surface area contributed by atoms with Crippen molar-refractivity contribution in [2.75, 3.05) is 5.32 Å². The average Bonchev–Trinajstić information content (AvgIpc) is 2.65. The van der Waals surface area contributed by atoms with Gasteiger partial charge in [-0.15, -0.1) is 0 Å². The van der Waals surface area contributed by atoms with Gasteiger partial charge in [-0.1, -0.05) is 0 Å². The molecule has 1 heterocycles. The summed E-state index contributed by atoms with van der Waals surface area (Å²) in [6.45, 7) is 0. The number of benzene rings is 1. The second-order valence-corrected chi connectivity index (χ2v) is 5.28. The summed E-state index contributed by atoms with van der Waals surface area (Å²) in [7, 11) is -2.17. The summed E-state index contributed by atoms with van der Waals surface area (Å²) in [5.74, 6) is -0.703. The lowest BCUT2D eigenvalue weighted by Crippen LogP contribution is -2.12. The van der Waals surface area contributed by atoms with Gasteiger partial charge < -0.3 is 5.32 Å². The van der Waals surface area contributed by atoms with Gasteiger partial charge in [-0.25, -0.2) is 17.9 Å². The summed E-state index contributed by atoms with van der Waals surface area (Å²) in [5.41, 5.74) is 0.746. The summed E-state index contributed by atoms with van der Waals surface area (Å²) in [5, 5.41) is 11.6. The lowest BCUT2D eigenvalue weighted by atomic mass is 10.3. The standard InChI is InChI=1S/C10H11FN4O2S/c1-15-6-7(5-13-15)14-10-3-2-8(4-9(10)11)18(12,16)17/h2-6,14H,1H3,(H2,12,16,17). The van der Waals surface area contributed by atoms with Crippen molar-refractivity contribution in [1.29, 1.82) is 0 Å². The van der Waals surface area contributed by atoms with Gasteiger partial charge in [-0.05, 0) is 18.2 Å². The van der Waals surface area contributed by atoms with Crippen molar-refractivity contribution in [1.82, 2.24) is 9.78 Å². The van der Waals surface area contributed by atoms with Crippen LogP contribution < -0.4 is 10.5 Å². The number of nitrogens with zero attached hydrogens (tertiary/aromatic N) is 2. The van der Waals surface area contributed by atoms with Crippen molar-refractivity contribution in [3.8, 4) is 0 Å². The molecule has 0 fully saturated rings. The minimum Gasteiger partial charge on any atom is -0.351 e. The van der Waals surface area contributed by atoms with Gasteiger partial charge in [0.1, 0.15) is 5.82 Å². The molecular weight excluding hydrogens is 259 g/mol. The maximum Gasteiger partial charge on any atom is 0.238 e. The number of hydrogen-bond donors (Lipinski definition) is 2. The Labute approximate surface area is 103 Å². The van der Waals surface area contributed by atoms with E-state index >= 15 is 0 Å². The predicted octanol–water partition coefficient (Wildman–Crippen LogP) is 0.950. The zero-order valence-electron chi connectivity index (χ0n) is 9.46. The number of primary sulfonamides is 1. The third-order valence-electron chi connectivity index (χ3n) is 2.25. The molecule has 3 N–H and O–H groups in total. The fourth-order valence-electron chi connectivity index (χ4n) is 1.42. The third kappa shape index (κ3) is 2.66. The van der Waals surface area contributed by atoms with Gasteiger partial charge in [0.05, 0.1) is 22.5 Å². The van der Waals surface area contributed by atoms with Gasteiger partial charge in [-0.2, -0.15) is 5.10 Å². The number of rotatable bonds is 3. The first-order chi connectivity index (χ1) is 8.36. The largest absolute Gasteiger partial charge is 0.351 e. The van der Waals surface area contributed by atoms with Crippen molar-refractivity contribution in [2.45, 2.75) is 4.90 Å². The Morgan fingerprint density at radius 1 is 1.44 bits per heavy atom. The van der Waals surface area contributed by atoms with Crippen LogP contribution in [0.25, 0.3) is 0 Å². The fraction of sp³-hybridized carbons (Fsp3) is 0.100. The van der Waals surface area contributed by atoms with Crippen molar-refractivity contribution in [3.63, 3.8) is 0 Å². The van der Waals surface area contributed by atoms with E-state index in [1.807, 2.05) is 0 Å². The van der Waals surface area contributed by atoms with Gasteiger partial charge in [0.25, 0.3) is 0 Å². The fourth-order valence-corrected chi connectivity index (χ4v) is 1.94. The quantitative estimate of drug-likeness (QED) is 0.868. The van der Waals surface area contributed by atoms with Gasteiger partial charge in [-0.3, -0.25) is 4.68 Å². The molecule has 0 spiro atoms. The Balaban J connectivity index is 2.31. The van der Waals surface area contributed by atoms with E-state index in [2.05, 4.69) is 10.4 Å². The Bertz CT molecular complexity index is 681. The van der Waals surface area contributed by atoms with E-state index in [1.54, 1.807) is 17.9 Å². The molecule has 0 aliphatic heterocycles. The van der Waals surface area contributed by atoms with Crippen molar-refractivity contribution < 1.29 is 12.8 Å². The van der Waals surface area contributed by atoms with Crippen molar-refractivity contribution in [3.05, 3.63) is 36.4 Å². The highest BCUT2D eigenvalue weighted by Gasteiger charge is 2.11. The maximum atomic E-state index is 13.7. The third-order valence-corrected chi connectivity index (χ3v) is 3.16. The van der Waals surface area contributed by atoms with E-state index in [0.717, 1.165) is 6.07 Å². The molecular formula is C10H11FN4O2S. The molecule has 1 aromatic heterocycles.